The minimum Gasteiger partial charge on any atom is -0.308 e. The van der Waals surface area contributed by atoms with Crippen LogP contribution in [0.15, 0.2) is 36.4 Å². The Kier molecular flexibility index (Phi) is 4.63. The van der Waals surface area contributed by atoms with Gasteiger partial charge in [0.1, 0.15) is 10.3 Å². The molecule has 104 valence electrons. The van der Waals surface area contributed by atoms with Gasteiger partial charge in [-0.1, -0.05) is 41.4 Å². The predicted octanol–water partition coefficient (Wildman–Crippen LogP) is 4.36. The molecule has 1 aromatic carbocycles. The number of hydrogen-bond acceptors (Lipinski definition) is 2. The summed E-state index contributed by atoms with van der Waals surface area (Å²) in [6.45, 7) is 4.45. The molecule has 0 aliphatic rings. The second-order valence-electron chi connectivity index (χ2n) is 4.34. The normalized spacial score (nSPS) is 10.4. The van der Waals surface area contributed by atoms with Crippen LogP contribution < -0.4 is 4.90 Å². The van der Waals surface area contributed by atoms with Crippen LogP contribution in [-0.2, 0) is 0 Å². The number of nitrogens with zero attached hydrogens (tertiary/aromatic N) is 2. The smallest absolute Gasteiger partial charge is 0.258 e. The lowest BCUT2D eigenvalue weighted by Crippen LogP contribution is -2.31. The predicted molar refractivity (Wildman–Crippen MR) is 82.8 cm³/mol. The molecule has 0 aliphatic carbocycles. The number of halogens is 2. The van der Waals surface area contributed by atoms with Crippen molar-refractivity contribution < 1.29 is 4.79 Å². The van der Waals surface area contributed by atoms with Crippen molar-refractivity contribution in [2.24, 2.45) is 0 Å². The number of carbonyl (C=O) groups is 1. The van der Waals surface area contributed by atoms with Gasteiger partial charge in [0, 0.05) is 17.8 Å². The zero-order valence-corrected chi connectivity index (χ0v) is 12.7. The highest BCUT2D eigenvalue weighted by Gasteiger charge is 2.18. The molecule has 3 nitrogen and oxygen atoms in total. The van der Waals surface area contributed by atoms with E-state index in [0.717, 1.165) is 11.3 Å². The third-order valence-electron chi connectivity index (χ3n) is 2.98. The van der Waals surface area contributed by atoms with E-state index in [0.29, 0.717) is 12.1 Å². The van der Waals surface area contributed by atoms with E-state index in [1.165, 1.54) is 12.1 Å². The Labute approximate surface area is 128 Å². The summed E-state index contributed by atoms with van der Waals surface area (Å²) in [6, 6.07) is 10.8. The van der Waals surface area contributed by atoms with Crippen molar-refractivity contribution in [3.8, 4) is 0 Å². The second kappa shape index (κ2) is 6.25. The topological polar surface area (TPSA) is 33.2 Å². The molecular formula is C15H14Cl2N2O. The second-order valence-corrected chi connectivity index (χ2v) is 5.11. The molecule has 0 radical (unpaired) electrons. The molecular weight excluding hydrogens is 295 g/mol. The lowest BCUT2D eigenvalue weighted by atomic mass is 10.1. The van der Waals surface area contributed by atoms with Gasteiger partial charge in [0.2, 0.25) is 0 Å². The summed E-state index contributed by atoms with van der Waals surface area (Å²) in [6.07, 6.45) is 0. The molecule has 20 heavy (non-hydrogen) atoms. The summed E-state index contributed by atoms with van der Waals surface area (Å²) in [5.41, 5.74) is 2.35. The maximum Gasteiger partial charge on any atom is 0.258 e. The largest absolute Gasteiger partial charge is 0.308 e. The van der Waals surface area contributed by atoms with E-state index in [9.17, 15) is 4.79 Å². The quantitative estimate of drug-likeness (QED) is 0.789. The Morgan fingerprint density at radius 3 is 2.35 bits per heavy atom. The van der Waals surface area contributed by atoms with Crippen molar-refractivity contribution in [3.63, 3.8) is 0 Å². The zero-order chi connectivity index (χ0) is 14.7. The molecule has 0 saturated carbocycles. The first kappa shape index (κ1) is 14.8. The van der Waals surface area contributed by atoms with Crippen LogP contribution in [-0.4, -0.2) is 17.4 Å². The van der Waals surface area contributed by atoms with Gasteiger partial charge in [-0.15, -0.1) is 0 Å². The highest BCUT2D eigenvalue weighted by Crippen LogP contribution is 2.23. The number of aromatic nitrogens is 1. The molecule has 0 spiro atoms. The third kappa shape index (κ3) is 3.11. The van der Waals surface area contributed by atoms with Gasteiger partial charge in [-0.3, -0.25) is 4.79 Å². The van der Waals surface area contributed by atoms with E-state index < -0.39 is 0 Å². The summed E-state index contributed by atoms with van der Waals surface area (Å²) >= 11 is 11.7. The number of amides is 1. The standard InChI is InChI=1S/C15H14Cl2N2O/c1-3-19(12-7-5-4-6-10(12)2)15(20)11-8-13(16)18-14(17)9-11/h4-9H,3H2,1-2H3. The molecule has 0 aliphatic heterocycles. The minimum atomic E-state index is -0.145. The summed E-state index contributed by atoms with van der Waals surface area (Å²) < 4.78 is 0. The highest BCUT2D eigenvalue weighted by atomic mass is 35.5. The Morgan fingerprint density at radius 1 is 1.20 bits per heavy atom. The average Bonchev–Trinajstić information content (AvgIpc) is 2.40. The number of benzene rings is 1. The van der Waals surface area contributed by atoms with Gasteiger partial charge in [-0.05, 0) is 37.6 Å². The molecule has 0 saturated heterocycles. The number of aryl methyl sites for hydroxylation is 1. The molecule has 0 N–H and O–H groups in total. The van der Waals surface area contributed by atoms with Gasteiger partial charge in [-0.25, -0.2) is 4.98 Å². The average molecular weight is 309 g/mol. The van der Waals surface area contributed by atoms with Gasteiger partial charge in [0.05, 0.1) is 0 Å². The fourth-order valence-corrected chi connectivity index (χ4v) is 2.49. The Bertz CT molecular complexity index is 623. The van der Waals surface area contributed by atoms with Crippen LogP contribution in [0.5, 0.6) is 0 Å². The van der Waals surface area contributed by atoms with E-state index in [4.69, 9.17) is 23.2 Å². The third-order valence-corrected chi connectivity index (χ3v) is 3.36. The van der Waals surface area contributed by atoms with Crippen LogP contribution in [0.3, 0.4) is 0 Å². The molecule has 0 bridgehead atoms. The fourth-order valence-electron chi connectivity index (χ4n) is 2.03. The van der Waals surface area contributed by atoms with E-state index in [1.807, 2.05) is 38.1 Å². The minimum absolute atomic E-state index is 0.145. The molecule has 0 unspecified atom stereocenters. The Hall–Kier alpha value is -1.58. The van der Waals surface area contributed by atoms with E-state index in [-0.39, 0.29) is 16.2 Å². The molecule has 2 rings (SSSR count). The molecule has 1 aromatic heterocycles. The van der Waals surface area contributed by atoms with Crippen LogP contribution in [0.1, 0.15) is 22.8 Å². The van der Waals surface area contributed by atoms with Gasteiger partial charge in [-0.2, -0.15) is 0 Å². The highest BCUT2D eigenvalue weighted by molar-refractivity contribution is 6.33. The van der Waals surface area contributed by atoms with Crippen LogP contribution in [0, 0.1) is 6.92 Å². The first-order valence-corrected chi connectivity index (χ1v) is 6.99. The maximum atomic E-state index is 12.6. The monoisotopic (exact) mass is 308 g/mol. The first-order chi connectivity index (χ1) is 9.52. The van der Waals surface area contributed by atoms with Crippen molar-refractivity contribution in [1.82, 2.24) is 4.98 Å². The number of para-hydroxylation sites is 1. The van der Waals surface area contributed by atoms with Crippen LogP contribution in [0.4, 0.5) is 5.69 Å². The van der Waals surface area contributed by atoms with E-state index in [2.05, 4.69) is 4.98 Å². The summed E-state index contributed by atoms with van der Waals surface area (Å²) in [7, 11) is 0. The van der Waals surface area contributed by atoms with Gasteiger partial charge >= 0.3 is 0 Å². The van der Waals surface area contributed by atoms with E-state index in [1.54, 1.807) is 4.90 Å². The zero-order valence-electron chi connectivity index (χ0n) is 11.2. The number of hydrogen-bond donors (Lipinski definition) is 0. The summed E-state index contributed by atoms with van der Waals surface area (Å²) in [4.78, 5) is 18.2. The number of anilines is 1. The van der Waals surface area contributed by atoms with E-state index >= 15 is 0 Å². The van der Waals surface area contributed by atoms with Crippen LogP contribution in [0.25, 0.3) is 0 Å². The number of rotatable bonds is 3. The lowest BCUT2D eigenvalue weighted by molar-refractivity contribution is 0.0988. The molecule has 0 fully saturated rings. The van der Waals surface area contributed by atoms with Crippen molar-refractivity contribution in [2.75, 3.05) is 11.4 Å². The summed E-state index contributed by atoms with van der Waals surface area (Å²) in [5.74, 6) is -0.145. The molecule has 0 atom stereocenters. The number of carbonyl (C=O) groups excluding carboxylic acids is 1. The van der Waals surface area contributed by atoms with Crippen molar-refractivity contribution >= 4 is 34.8 Å². The van der Waals surface area contributed by atoms with Gasteiger partial charge < -0.3 is 4.90 Å². The maximum absolute atomic E-state index is 12.6. The van der Waals surface area contributed by atoms with Gasteiger partial charge in [0.15, 0.2) is 0 Å². The van der Waals surface area contributed by atoms with Crippen LogP contribution >= 0.6 is 23.2 Å². The Morgan fingerprint density at radius 2 is 1.80 bits per heavy atom. The lowest BCUT2D eigenvalue weighted by Gasteiger charge is -2.23. The first-order valence-electron chi connectivity index (χ1n) is 6.23. The Balaban J connectivity index is 2.42. The van der Waals surface area contributed by atoms with Crippen molar-refractivity contribution in [2.45, 2.75) is 13.8 Å². The van der Waals surface area contributed by atoms with Crippen molar-refractivity contribution in [1.29, 1.82) is 0 Å². The molecule has 1 heterocycles. The fraction of sp³-hybridized carbons (Fsp3) is 0.200. The van der Waals surface area contributed by atoms with Crippen LogP contribution in [0.2, 0.25) is 10.3 Å². The molecule has 1 amide bonds. The molecule has 2 aromatic rings. The summed E-state index contributed by atoms with van der Waals surface area (Å²) in [5, 5.41) is 0.420. The van der Waals surface area contributed by atoms with Crippen molar-refractivity contribution in [3.05, 3.63) is 57.8 Å². The number of pyridine rings is 1. The SMILES string of the molecule is CCN(C(=O)c1cc(Cl)nc(Cl)c1)c1ccccc1C. The van der Waals surface area contributed by atoms with Gasteiger partial charge in [0.25, 0.3) is 5.91 Å². The molecule has 5 heteroatoms.